The van der Waals surface area contributed by atoms with Crippen molar-refractivity contribution in [2.75, 3.05) is 32.8 Å². The zero-order chi connectivity index (χ0) is 21.2. The summed E-state index contributed by atoms with van der Waals surface area (Å²) in [6.07, 6.45) is 0.748. The van der Waals surface area contributed by atoms with Gasteiger partial charge in [-0.3, -0.25) is 14.6 Å². The Morgan fingerprint density at radius 1 is 1.24 bits per heavy atom. The van der Waals surface area contributed by atoms with Crippen LogP contribution in [0.1, 0.15) is 19.4 Å². The van der Waals surface area contributed by atoms with Crippen molar-refractivity contribution in [2.24, 2.45) is 22.4 Å². The maximum Gasteiger partial charge on any atom is 0.243 e. The number of nitrogens with zero attached hydrogens (tertiary/aromatic N) is 1. The molecule has 2 amide bonds. The predicted molar refractivity (Wildman–Crippen MR) is 113 cm³/mol. The third-order valence-corrected chi connectivity index (χ3v) is 4.60. The van der Waals surface area contributed by atoms with Crippen molar-refractivity contribution in [3.8, 4) is 5.75 Å². The van der Waals surface area contributed by atoms with Gasteiger partial charge in [-0.1, -0.05) is 25.1 Å². The molecule has 9 nitrogen and oxygen atoms in total. The third kappa shape index (κ3) is 7.71. The van der Waals surface area contributed by atoms with Crippen molar-refractivity contribution in [1.29, 1.82) is 0 Å². The van der Waals surface area contributed by atoms with Gasteiger partial charge in [-0.25, -0.2) is 0 Å². The Morgan fingerprint density at radius 3 is 2.76 bits per heavy atom. The molecule has 0 aromatic heterocycles. The summed E-state index contributed by atoms with van der Waals surface area (Å²) in [5.41, 5.74) is 12.6. The molecule has 2 unspecified atom stereocenters. The number of hydrogen-bond acceptors (Lipinski definition) is 7. The fourth-order valence-corrected chi connectivity index (χ4v) is 2.91. The first-order valence-electron chi connectivity index (χ1n) is 9.89. The summed E-state index contributed by atoms with van der Waals surface area (Å²) in [5.74, 6) is 0.589. The maximum absolute atomic E-state index is 12.4. The second-order valence-corrected chi connectivity index (χ2v) is 7.42. The summed E-state index contributed by atoms with van der Waals surface area (Å²) in [4.78, 5) is 28.5. The van der Waals surface area contributed by atoms with Gasteiger partial charge < -0.3 is 32.2 Å². The molecule has 1 aliphatic heterocycles. The highest BCUT2D eigenvalue weighted by Gasteiger charge is 2.20. The van der Waals surface area contributed by atoms with Gasteiger partial charge in [-0.2, -0.15) is 0 Å². The molecule has 3 atom stereocenters. The number of nitrogens with two attached hydrogens (primary N) is 2. The van der Waals surface area contributed by atoms with E-state index in [1.807, 2.05) is 38.1 Å². The van der Waals surface area contributed by atoms with E-state index in [1.54, 1.807) is 0 Å². The monoisotopic (exact) mass is 404 g/mol. The number of para-hydroxylation sites is 1. The number of aliphatic imine (C=N–C) groups is 1. The third-order valence-electron chi connectivity index (χ3n) is 4.60. The van der Waals surface area contributed by atoms with Crippen LogP contribution in [0.3, 0.4) is 0 Å². The van der Waals surface area contributed by atoms with Gasteiger partial charge in [0.2, 0.25) is 11.8 Å². The van der Waals surface area contributed by atoms with Crippen LogP contribution in [0.2, 0.25) is 0 Å². The first-order valence-corrected chi connectivity index (χ1v) is 9.89. The first-order chi connectivity index (χ1) is 13.9. The molecule has 1 aliphatic rings. The Hall–Kier alpha value is -2.65. The van der Waals surface area contributed by atoms with Crippen molar-refractivity contribution in [3.05, 3.63) is 29.8 Å². The van der Waals surface area contributed by atoms with Gasteiger partial charge >= 0.3 is 0 Å². The van der Waals surface area contributed by atoms with Gasteiger partial charge in [-0.05, 0) is 30.9 Å². The van der Waals surface area contributed by atoms with Crippen LogP contribution in [0.25, 0.3) is 0 Å². The Balaban J connectivity index is 2.14. The van der Waals surface area contributed by atoms with E-state index in [2.05, 4.69) is 20.9 Å². The second-order valence-electron chi connectivity index (χ2n) is 7.42. The molecule has 2 rings (SSSR count). The first kappa shape index (κ1) is 22.6. The maximum atomic E-state index is 12.4. The fraction of sp³-hybridized carbons (Fsp3) is 0.550. The highest BCUT2D eigenvalue weighted by atomic mass is 16.5. The molecule has 9 heteroatoms. The number of ether oxygens (including phenoxy) is 1. The molecular weight excluding hydrogens is 372 g/mol. The summed E-state index contributed by atoms with van der Waals surface area (Å²) in [5, 5.41) is 8.68. The standard InChI is InChI=1S/C20H32N6O3/c1-13-7-15-5-3-4-6-17(15)29-12-14(2)23-10-18(22)24-11-19(27)26-16(8-21)20(28)25-9-13/h3-6,13-14,16,23H,7-12,21H2,1-2H3,(H2,22,24)(H,25,28)(H,26,27)/t13?,14-,16?/m0/s1. The fourth-order valence-electron chi connectivity index (χ4n) is 2.91. The lowest BCUT2D eigenvalue weighted by atomic mass is 10.00. The lowest BCUT2D eigenvalue weighted by Gasteiger charge is -2.20. The van der Waals surface area contributed by atoms with E-state index < -0.39 is 11.9 Å². The van der Waals surface area contributed by atoms with Crippen LogP contribution in [0, 0.1) is 5.92 Å². The molecule has 0 spiro atoms. The molecule has 29 heavy (non-hydrogen) atoms. The van der Waals surface area contributed by atoms with Gasteiger partial charge in [0.15, 0.2) is 0 Å². The minimum Gasteiger partial charge on any atom is -0.492 e. The van der Waals surface area contributed by atoms with Crippen LogP contribution in [-0.2, 0) is 16.0 Å². The Bertz CT molecular complexity index is 724. The number of carbonyl (C=O) groups is 2. The van der Waals surface area contributed by atoms with Crippen LogP contribution in [0.4, 0.5) is 0 Å². The number of hydrogen-bond donors (Lipinski definition) is 5. The topological polar surface area (TPSA) is 144 Å². The molecule has 0 radical (unpaired) electrons. The zero-order valence-electron chi connectivity index (χ0n) is 17.1. The lowest BCUT2D eigenvalue weighted by Crippen LogP contribution is -2.52. The van der Waals surface area contributed by atoms with E-state index in [0.717, 1.165) is 17.7 Å². The molecule has 0 bridgehead atoms. The van der Waals surface area contributed by atoms with Crippen molar-refractivity contribution in [1.82, 2.24) is 16.0 Å². The molecule has 0 saturated heterocycles. The van der Waals surface area contributed by atoms with E-state index in [0.29, 0.717) is 25.5 Å². The minimum atomic E-state index is -0.807. The van der Waals surface area contributed by atoms with E-state index in [1.165, 1.54) is 0 Å². The summed E-state index contributed by atoms with van der Waals surface area (Å²) in [7, 11) is 0. The number of benzene rings is 1. The van der Waals surface area contributed by atoms with Gasteiger partial charge in [-0.15, -0.1) is 0 Å². The van der Waals surface area contributed by atoms with Crippen LogP contribution >= 0.6 is 0 Å². The molecule has 0 saturated carbocycles. The number of fused-ring (bicyclic) bond motifs is 1. The molecule has 1 aromatic carbocycles. The number of nitrogens with one attached hydrogen (secondary N) is 3. The van der Waals surface area contributed by atoms with Crippen LogP contribution in [0.15, 0.2) is 29.3 Å². The molecule has 0 aliphatic carbocycles. The highest BCUT2D eigenvalue weighted by Crippen LogP contribution is 2.21. The normalized spacial score (nSPS) is 25.3. The Kier molecular flexibility index (Phi) is 8.88. The summed E-state index contributed by atoms with van der Waals surface area (Å²) in [6.45, 7) is 5.14. The van der Waals surface area contributed by atoms with Crippen molar-refractivity contribution in [3.63, 3.8) is 0 Å². The number of amidine groups is 1. The molecule has 0 fully saturated rings. The minimum absolute atomic E-state index is 0.000887. The van der Waals surface area contributed by atoms with Gasteiger partial charge in [0.05, 0.1) is 6.54 Å². The molecule has 1 heterocycles. The molecular formula is C20H32N6O3. The van der Waals surface area contributed by atoms with Crippen LogP contribution < -0.4 is 32.2 Å². The lowest BCUT2D eigenvalue weighted by molar-refractivity contribution is -0.128. The smallest absolute Gasteiger partial charge is 0.243 e. The summed E-state index contributed by atoms with van der Waals surface area (Å²) < 4.78 is 5.99. The van der Waals surface area contributed by atoms with Crippen molar-refractivity contribution in [2.45, 2.75) is 32.4 Å². The summed E-state index contributed by atoms with van der Waals surface area (Å²) in [6, 6.07) is 7.12. The highest BCUT2D eigenvalue weighted by molar-refractivity contribution is 5.90. The van der Waals surface area contributed by atoms with Crippen molar-refractivity contribution < 1.29 is 14.3 Å². The van der Waals surface area contributed by atoms with Crippen molar-refractivity contribution >= 4 is 17.6 Å². The van der Waals surface area contributed by atoms with E-state index >= 15 is 0 Å². The zero-order valence-corrected chi connectivity index (χ0v) is 17.1. The van der Waals surface area contributed by atoms with E-state index in [9.17, 15) is 9.59 Å². The predicted octanol–water partition coefficient (Wildman–Crippen LogP) is -0.847. The number of carbonyl (C=O) groups excluding carboxylic acids is 2. The average Bonchev–Trinajstić information content (AvgIpc) is 2.71. The number of amides is 2. The van der Waals surface area contributed by atoms with E-state index in [4.69, 9.17) is 16.2 Å². The quantitative estimate of drug-likeness (QED) is 0.413. The Morgan fingerprint density at radius 2 is 2.00 bits per heavy atom. The van der Waals surface area contributed by atoms with E-state index in [-0.39, 0.29) is 31.0 Å². The van der Waals surface area contributed by atoms with Gasteiger partial charge in [0, 0.05) is 19.1 Å². The van der Waals surface area contributed by atoms with Crippen LogP contribution in [0.5, 0.6) is 5.75 Å². The number of rotatable bonds is 1. The molecule has 1 aromatic rings. The van der Waals surface area contributed by atoms with Gasteiger partial charge in [0.25, 0.3) is 0 Å². The second kappa shape index (κ2) is 11.4. The summed E-state index contributed by atoms with van der Waals surface area (Å²) >= 11 is 0. The average molecular weight is 405 g/mol. The molecule has 7 N–H and O–H groups in total. The molecule has 160 valence electrons. The van der Waals surface area contributed by atoms with Crippen LogP contribution in [-0.4, -0.2) is 62.5 Å². The largest absolute Gasteiger partial charge is 0.492 e. The SMILES string of the molecule is CC1CNC(=O)C(CN)NC(=O)CN=C(N)CN[C@@H](C)COc2ccccc2C1. The Labute approximate surface area is 171 Å². The van der Waals surface area contributed by atoms with Gasteiger partial charge in [0.1, 0.15) is 30.8 Å².